The number of anilines is 1. The summed E-state index contributed by atoms with van der Waals surface area (Å²) in [5.41, 5.74) is 1.95. The van der Waals surface area contributed by atoms with Gasteiger partial charge in [0.15, 0.2) is 0 Å². The molecule has 0 atom stereocenters. The minimum absolute atomic E-state index is 0.0213. The maximum atomic E-state index is 12.2. The van der Waals surface area contributed by atoms with E-state index in [0.29, 0.717) is 27.0 Å². The number of benzene rings is 2. The summed E-state index contributed by atoms with van der Waals surface area (Å²) in [6.45, 7) is 3.78. The Morgan fingerprint density at radius 2 is 1.81 bits per heavy atom. The first kappa shape index (κ1) is 20.6. The van der Waals surface area contributed by atoms with E-state index in [1.807, 2.05) is 19.9 Å². The van der Waals surface area contributed by atoms with E-state index in [-0.39, 0.29) is 23.6 Å². The third-order valence-corrected chi connectivity index (χ3v) is 5.09. The molecule has 0 aliphatic carbocycles. The summed E-state index contributed by atoms with van der Waals surface area (Å²) in [4.78, 5) is 24.4. The van der Waals surface area contributed by atoms with Crippen LogP contribution < -0.4 is 10.6 Å². The maximum Gasteiger partial charge on any atom is 0.253 e. The van der Waals surface area contributed by atoms with Crippen LogP contribution in [-0.2, 0) is 10.5 Å². The summed E-state index contributed by atoms with van der Waals surface area (Å²) in [5.74, 6) is 0.527. The van der Waals surface area contributed by atoms with E-state index in [4.69, 9.17) is 23.2 Å². The number of rotatable bonds is 7. The molecule has 0 saturated carbocycles. The molecule has 7 heteroatoms. The molecule has 26 heavy (non-hydrogen) atoms. The first-order chi connectivity index (χ1) is 12.4. The van der Waals surface area contributed by atoms with Crippen LogP contribution in [0.15, 0.2) is 42.5 Å². The first-order valence-electron chi connectivity index (χ1n) is 8.08. The lowest BCUT2D eigenvalue weighted by Crippen LogP contribution is -2.31. The lowest BCUT2D eigenvalue weighted by Gasteiger charge is -2.13. The van der Waals surface area contributed by atoms with Gasteiger partial charge in [0.25, 0.3) is 5.91 Å². The van der Waals surface area contributed by atoms with Crippen molar-refractivity contribution in [2.75, 3.05) is 11.1 Å². The van der Waals surface area contributed by atoms with Gasteiger partial charge in [-0.1, -0.05) is 41.4 Å². The molecule has 0 saturated heterocycles. The van der Waals surface area contributed by atoms with Crippen molar-refractivity contribution in [3.63, 3.8) is 0 Å². The predicted molar refractivity (Wildman–Crippen MR) is 110 cm³/mol. The van der Waals surface area contributed by atoms with E-state index >= 15 is 0 Å². The van der Waals surface area contributed by atoms with Crippen LogP contribution in [0.2, 0.25) is 10.0 Å². The van der Waals surface area contributed by atoms with E-state index in [1.54, 1.807) is 36.4 Å². The van der Waals surface area contributed by atoms with Crippen molar-refractivity contribution in [3.8, 4) is 0 Å². The Balaban J connectivity index is 1.91. The molecular formula is C19H20Cl2N2O2S. The topological polar surface area (TPSA) is 58.2 Å². The van der Waals surface area contributed by atoms with E-state index in [9.17, 15) is 9.59 Å². The second-order valence-corrected chi connectivity index (χ2v) is 7.76. The molecule has 4 nitrogen and oxygen atoms in total. The summed E-state index contributed by atoms with van der Waals surface area (Å²) in [6.07, 6.45) is 0. The van der Waals surface area contributed by atoms with Crippen LogP contribution >= 0.6 is 35.0 Å². The Morgan fingerprint density at radius 1 is 1.08 bits per heavy atom. The summed E-state index contributed by atoms with van der Waals surface area (Å²) in [5, 5.41) is 6.64. The van der Waals surface area contributed by atoms with Gasteiger partial charge in [0.05, 0.1) is 27.0 Å². The maximum absolute atomic E-state index is 12.2. The van der Waals surface area contributed by atoms with Gasteiger partial charge in [0.1, 0.15) is 0 Å². The Kier molecular flexibility index (Phi) is 7.82. The van der Waals surface area contributed by atoms with Gasteiger partial charge >= 0.3 is 0 Å². The summed E-state index contributed by atoms with van der Waals surface area (Å²) in [6, 6.07) is 12.4. The number of carbonyl (C=O) groups is 2. The second kappa shape index (κ2) is 9.86. The number of para-hydroxylation sites is 1. The highest BCUT2D eigenvalue weighted by Crippen LogP contribution is 2.24. The number of hydrogen-bond donors (Lipinski definition) is 2. The van der Waals surface area contributed by atoms with Gasteiger partial charge in [-0.15, -0.1) is 11.8 Å². The smallest absolute Gasteiger partial charge is 0.253 e. The highest BCUT2D eigenvalue weighted by atomic mass is 35.5. The molecule has 2 rings (SSSR count). The van der Waals surface area contributed by atoms with Crippen molar-refractivity contribution >= 4 is 52.5 Å². The summed E-state index contributed by atoms with van der Waals surface area (Å²) < 4.78 is 0. The first-order valence-corrected chi connectivity index (χ1v) is 9.99. The lowest BCUT2D eigenvalue weighted by atomic mass is 10.1. The van der Waals surface area contributed by atoms with E-state index in [0.717, 1.165) is 5.56 Å². The predicted octanol–water partition coefficient (Wildman–Crippen LogP) is 5.00. The van der Waals surface area contributed by atoms with E-state index in [2.05, 4.69) is 10.6 Å². The van der Waals surface area contributed by atoms with Crippen molar-refractivity contribution in [1.82, 2.24) is 5.32 Å². The normalized spacial score (nSPS) is 10.7. The minimum Gasteiger partial charge on any atom is -0.350 e. The summed E-state index contributed by atoms with van der Waals surface area (Å²) >= 11 is 13.3. The molecule has 0 spiro atoms. The molecule has 2 aromatic rings. The second-order valence-electron chi connectivity index (χ2n) is 5.96. The third-order valence-electron chi connectivity index (χ3n) is 3.35. The van der Waals surface area contributed by atoms with Crippen molar-refractivity contribution in [1.29, 1.82) is 0 Å². The van der Waals surface area contributed by atoms with Crippen LogP contribution in [0.4, 0.5) is 5.69 Å². The van der Waals surface area contributed by atoms with Crippen molar-refractivity contribution in [3.05, 3.63) is 63.6 Å². The van der Waals surface area contributed by atoms with Crippen LogP contribution in [-0.4, -0.2) is 23.6 Å². The molecule has 0 aliphatic rings. The molecule has 138 valence electrons. The van der Waals surface area contributed by atoms with Crippen molar-refractivity contribution in [2.45, 2.75) is 25.6 Å². The Labute approximate surface area is 167 Å². The van der Waals surface area contributed by atoms with Gasteiger partial charge < -0.3 is 10.6 Å². The minimum atomic E-state index is -0.209. The number of nitrogens with one attached hydrogen (secondary N) is 2. The zero-order valence-corrected chi connectivity index (χ0v) is 16.8. The largest absolute Gasteiger partial charge is 0.350 e. The average molecular weight is 411 g/mol. The van der Waals surface area contributed by atoms with Gasteiger partial charge in [-0.05, 0) is 43.7 Å². The SMILES string of the molecule is CC(C)NC(=O)c1ccccc1NC(=O)CSCc1ccc(Cl)c(Cl)c1. The standard InChI is InChI=1S/C19H20Cl2N2O2S/c1-12(2)22-19(25)14-5-3-4-6-17(14)23-18(24)11-26-10-13-7-8-15(20)16(21)9-13/h3-9,12H,10-11H2,1-2H3,(H,22,25)(H,23,24). The fourth-order valence-corrected chi connectivity index (χ4v) is 3.30. The Bertz CT molecular complexity index is 797. The van der Waals surface area contributed by atoms with Crippen molar-refractivity contribution in [2.24, 2.45) is 0 Å². The third kappa shape index (κ3) is 6.24. The quantitative estimate of drug-likeness (QED) is 0.674. The van der Waals surface area contributed by atoms with Gasteiger partial charge in [-0.25, -0.2) is 0 Å². The Morgan fingerprint density at radius 3 is 2.50 bits per heavy atom. The molecule has 0 unspecified atom stereocenters. The molecule has 2 amide bonds. The number of carbonyl (C=O) groups excluding carboxylic acids is 2. The Hall–Kier alpha value is -1.69. The zero-order chi connectivity index (χ0) is 19.1. The summed E-state index contributed by atoms with van der Waals surface area (Å²) in [7, 11) is 0. The average Bonchev–Trinajstić information content (AvgIpc) is 2.58. The number of halogens is 2. The van der Waals surface area contributed by atoms with Gasteiger partial charge in [-0.3, -0.25) is 9.59 Å². The van der Waals surface area contributed by atoms with Crippen LogP contribution in [0.3, 0.4) is 0 Å². The van der Waals surface area contributed by atoms with Gasteiger partial charge in [0, 0.05) is 11.8 Å². The molecule has 0 radical (unpaired) electrons. The monoisotopic (exact) mass is 410 g/mol. The number of hydrogen-bond acceptors (Lipinski definition) is 3. The van der Waals surface area contributed by atoms with E-state index < -0.39 is 0 Å². The lowest BCUT2D eigenvalue weighted by molar-refractivity contribution is -0.113. The zero-order valence-electron chi connectivity index (χ0n) is 14.5. The highest BCUT2D eigenvalue weighted by molar-refractivity contribution is 7.99. The van der Waals surface area contributed by atoms with Crippen LogP contribution in [0, 0.1) is 0 Å². The van der Waals surface area contributed by atoms with Crippen molar-refractivity contribution < 1.29 is 9.59 Å². The molecule has 2 aromatic carbocycles. The molecule has 2 N–H and O–H groups in total. The fourth-order valence-electron chi connectivity index (χ4n) is 2.21. The fraction of sp³-hybridized carbons (Fsp3) is 0.263. The van der Waals surface area contributed by atoms with Gasteiger partial charge in [0.2, 0.25) is 5.91 Å². The number of thioether (sulfide) groups is 1. The molecule has 0 heterocycles. The molecule has 0 bridgehead atoms. The van der Waals surface area contributed by atoms with Crippen LogP contribution in [0.5, 0.6) is 0 Å². The molecular weight excluding hydrogens is 391 g/mol. The molecule has 0 aliphatic heterocycles. The van der Waals surface area contributed by atoms with Crippen LogP contribution in [0.25, 0.3) is 0 Å². The van der Waals surface area contributed by atoms with E-state index in [1.165, 1.54) is 11.8 Å². The number of amides is 2. The van der Waals surface area contributed by atoms with Crippen LogP contribution in [0.1, 0.15) is 29.8 Å². The molecule has 0 aromatic heterocycles. The highest BCUT2D eigenvalue weighted by Gasteiger charge is 2.13. The van der Waals surface area contributed by atoms with Gasteiger partial charge in [-0.2, -0.15) is 0 Å². The molecule has 0 fully saturated rings.